The summed E-state index contributed by atoms with van der Waals surface area (Å²) in [5, 5.41) is 0. The van der Waals surface area contributed by atoms with Crippen LogP contribution in [0.2, 0.25) is 0 Å². The molecule has 10 heavy (non-hydrogen) atoms. The molecule has 0 aliphatic rings. The fraction of sp³-hybridized carbons (Fsp3) is 0.500. The van der Waals surface area contributed by atoms with Gasteiger partial charge in [-0.3, -0.25) is 0 Å². The zero-order valence-corrected chi connectivity index (χ0v) is 7.22. The van der Waals surface area contributed by atoms with Crippen LogP contribution in [0, 0.1) is 11.8 Å². The largest absolute Gasteiger partial charge is 0.102 e. The van der Waals surface area contributed by atoms with Gasteiger partial charge in [-0.1, -0.05) is 45.4 Å². The minimum absolute atomic E-state index is 0.690. The molecule has 1 atom stereocenters. The Labute approximate surface area is 64.6 Å². The maximum Gasteiger partial charge on any atom is 0.0153 e. The van der Waals surface area contributed by atoms with E-state index in [9.17, 15) is 0 Å². The molecule has 0 aromatic carbocycles. The van der Waals surface area contributed by atoms with Crippen LogP contribution in [0.15, 0.2) is 24.8 Å². The summed E-state index contributed by atoms with van der Waals surface area (Å²) in [7, 11) is 0. The third-order valence-electron chi connectivity index (χ3n) is 1.65. The summed E-state index contributed by atoms with van der Waals surface area (Å²) in [5.74, 6) is 1.93. The van der Waals surface area contributed by atoms with Crippen LogP contribution in [0.25, 0.3) is 0 Å². The van der Waals surface area contributed by atoms with Crippen LogP contribution in [-0.2, 0) is 0 Å². The van der Waals surface area contributed by atoms with Crippen LogP contribution in [0.3, 0.4) is 0 Å². The third kappa shape index (κ3) is 4.37. The van der Waals surface area contributed by atoms with Gasteiger partial charge in [-0.25, -0.2) is 0 Å². The molecule has 0 amide bonds. The van der Waals surface area contributed by atoms with Gasteiger partial charge < -0.3 is 0 Å². The molecular weight excluding hydrogens is 120 g/mol. The van der Waals surface area contributed by atoms with Crippen molar-refractivity contribution in [3.8, 4) is 0 Å². The Balaban J connectivity index is 3.62. The van der Waals surface area contributed by atoms with Gasteiger partial charge in [0.25, 0.3) is 0 Å². The number of hydrogen-bond donors (Lipinski definition) is 0. The number of allylic oxidation sites excluding steroid dienone is 3. The van der Waals surface area contributed by atoms with Crippen molar-refractivity contribution in [2.24, 2.45) is 5.92 Å². The summed E-state index contributed by atoms with van der Waals surface area (Å²) in [6, 6.07) is 0. The Kier molecular flexibility index (Phi) is 5.00. The highest BCUT2D eigenvalue weighted by atomic mass is 14.0. The predicted octanol–water partition coefficient (Wildman–Crippen LogP) is 3.37. The van der Waals surface area contributed by atoms with Gasteiger partial charge in [0.15, 0.2) is 0 Å². The van der Waals surface area contributed by atoms with E-state index in [1.54, 1.807) is 0 Å². The van der Waals surface area contributed by atoms with Crippen molar-refractivity contribution in [3.63, 3.8) is 0 Å². The van der Waals surface area contributed by atoms with E-state index in [2.05, 4.69) is 39.5 Å². The summed E-state index contributed by atoms with van der Waals surface area (Å²) < 4.78 is 0. The van der Waals surface area contributed by atoms with Crippen molar-refractivity contribution in [2.45, 2.75) is 27.2 Å². The third-order valence-corrected chi connectivity index (χ3v) is 1.65. The molecule has 0 nitrogen and oxygen atoms in total. The second-order valence-corrected chi connectivity index (χ2v) is 2.69. The zero-order chi connectivity index (χ0) is 7.98. The molecule has 57 valence electrons. The van der Waals surface area contributed by atoms with Crippen LogP contribution in [-0.4, -0.2) is 0 Å². The maximum absolute atomic E-state index is 3.68. The minimum Gasteiger partial charge on any atom is -0.102 e. The molecule has 0 fully saturated rings. The maximum atomic E-state index is 3.68. The van der Waals surface area contributed by atoms with Gasteiger partial charge in [0.2, 0.25) is 0 Å². The first-order chi connectivity index (χ1) is 4.70. The summed E-state index contributed by atoms with van der Waals surface area (Å²) in [6.45, 7) is 10.1. The lowest BCUT2D eigenvalue weighted by Gasteiger charge is -2.00. The molecule has 0 aromatic heterocycles. The first-order valence-corrected chi connectivity index (χ1v) is 3.84. The Morgan fingerprint density at radius 2 is 2.20 bits per heavy atom. The van der Waals surface area contributed by atoms with Gasteiger partial charge in [-0.05, 0) is 5.92 Å². The van der Waals surface area contributed by atoms with Crippen molar-refractivity contribution in [2.75, 3.05) is 0 Å². The molecule has 1 radical (unpaired) electrons. The van der Waals surface area contributed by atoms with Gasteiger partial charge in [0.05, 0.1) is 0 Å². The van der Waals surface area contributed by atoms with E-state index < -0.39 is 0 Å². The molecular formula is C10H17. The predicted molar refractivity (Wildman–Crippen MR) is 47.7 cm³/mol. The zero-order valence-electron chi connectivity index (χ0n) is 7.22. The van der Waals surface area contributed by atoms with Gasteiger partial charge in [-0.2, -0.15) is 0 Å². The Morgan fingerprint density at radius 3 is 2.60 bits per heavy atom. The average molecular weight is 137 g/mol. The monoisotopic (exact) mass is 137 g/mol. The van der Waals surface area contributed by atoms with E-state index in [0.717, 1.165) is 0 Å². The summed E-state index contributed by atoms with van der Waals surface area (Å²) in [6.07, 6.45) is 7.43. The SMILES string of the molecule is C=C[C](C)C=CC(C)CC. The molecule has 0 aliphatic carbocycles. The number of rotatable bonds is 4. The molecule has 0 N–H and O–H groups in total. The Morgan fingerprint density at radius 1 is 1.60 bits per heavy atom. The normalized spacial score (nSPS) is 14.4. The standard InChI is InChI=1S/C10H17/c1-5-9(3)7-8-10(4)6-2/h5,7-8,10H,1,6H2,2-4H3. The molecule has 0 saturated heterocycles. The van der Waals surface area contributed by atoms with E-state index in [4.69, 9.17) is 0 Å². The molecule has 0 bridgehead atoms. The molecule has 0 rings (SSSR count). The van der Waals surface area contributed by atoms with Crippen LogP contribution < -0.4 is 0 Å². The highest BCUT2D eigenvalue weighted by molar-refractivity contribution is 5.18. The first kappa shape index (κ1) is 9.48. The second kappa shape index (κ2) is 5.28. The molecule has 0 spiro atoms. The summed E-state index contributed by atoms with van der Waals surface area (Å²) >= 11 is 0. The van der Waals surface area contributed by atoms with E-state index >= 15 is 0 Å². The highest BCUT2D eigenvalue weighted by Gasteiger charge is 1.92. The van der Waals surface area contributed by atoms with Crippen molar-refractivity contribution in [1.82, 2.24) is 0 Å². The molecule has 1 unspecified atom stereocenters. The lowest BCUT2D eigenvalue weighted by molar-refractivity contribution is 0.697. The number of hydrogen-bond acceptors (Lipinski definition) is 0. The molecule has 0 heterocycles. The van der Waals surface area contributed by atoms with E-state index in [0.29, 0.717) is 5.92 Å². The quantitative estimate of drug-likeness (QED) is 0.557. The van der Waals surface area contributed by atoms with Gasteiger partial charge in [0, 0.05) is 5.92 Å². The van der Waals surface area contributed by atoms with E-state index in [1.165, 1.54) is 12.3 Å². The van der Waals surface area contributed by atoms with Crippen LogP contribution in [0.4, 0.5) is 0 Å². The first-order valence-electron chi connectivity index (χ1n) is 3.84. The minimum atomic E-state index is 0.690. The van der Waals surface area contributed by atoms with Gasteiger partial charge >= 0.3 is 0 Å². The van der Waals surface area contributed by atoms with Crippen LogP contribution in [0.1, 0.15) is 27.2 Å². The topological polar surface area (TPSA) is 0 Å². The molecule has 0 saturated carbocycles. The van der Waals surface area contributed by atoms with E-state index in [1.807, 2.05) is 6.08 Å². The fourth-order valence-corrected chi connectivity index (χ4v) is 0.520. The lowest BCUT2D eigenvalue weighted by Crippen LogP contribution is -1.86. The van der Waals surface area contributed by atoms with Gasteiger partial charge in [-0.15, -0.1) is 6.58 Å². The summed E-state index contributed by atoms with van der Waals surface area (Å²) in [5.41, 5.74) is 0. The van der Waals surface area contributed by atoms with Crippen molar-refractivity contribution in [3.05, 3.63) is 30.7 Å². The average Bonchev–Trinajstić information content (AvgIpc) is 1.99. The van der Waals surface area contributed by atoms with Crippen molar-refractivity contribution in [1.29, 1.82) is 0 Å². The second-order valence-electron chi connectivity index (χ2n) is 2.69. The van der Waals surface area contributed by atoms with Crippen molar-refractivity contribution < 1.29 is 0 Å². The fourth-order valence-electron chi connectivity index (χ4n) is 0.520. The molecule has 0 aromatic rings. The Hall–Kier alpha value is -0.520. The van der Waals surface area contributed by atoms with E-state index in [-0.39, 0.29) is 0 Å². The molecule has 0 aliphatic heterocycles. The van der Waals surface area contributed by atoms with Crippen LogP contribution in [0.5, 0.6) is 0 Å². The Bertz CT molecular complexity index is 111. The van der Waals surface area contributed by atoms with Gasteiger partial charge in [0.1, 0.15) is 0 Å². The summed E-state index contributed by atoms with van der Waals surface area (Å²) in [4.78, 5) is 0. The smallest absolute Gasteiger partial charge is 0.0153 e. The molecule has 0 heteroatoms. The van der Waals surface area contributed by atoms with Crippen LogP contribution >= 0.6 is 0 Å². The van der Waals surface area contributed by atoms with Crippen molar-refractivity contribution >= 4 is 0 Å². The lowest BCUT2D eigenvalue weighted by atomic mass is 10.1. The highest BCUT2D eigenvalue weighted by Crippen LogP contribution is 2.07.